The first-order valence-electron chi connectivity index (χ1n) is 8.12. The molecule has 4 heteroatoms. The highest BCUT2D eigenvalue weighted by Crippen LogP contribution is 2.26. The van der Waals surface area contributed by atoms with E-state index in [1.165, 1.54) is 5.56 Å². The van der Waals surface area contributed by atoms with Crippen LogP contribution in [0.3, 0.4) is 0 Å². The number of phenols is 1. The average Bonchev–Trinajstić information content (AvgIpc) is 2.48. The van der Waals surface area contributed by atoms with Crippen molar-refractivity contribution in [2.45, 2.75) is 32.9 Å². The molecular formula is C17H29N3O. The van der Waals surface area contributed by atoms with E-state index < -0.39 is 0 Å². The second kappa shape index (κ2) is 7.78. The first-order chi connectivity index (χ1) is 10.1. The smallest absolute Gasteiger partial charge is 0.115 e. The maximum atomic E-state index is 9.82. The summed E-state index contributed by atoms with van der Waals surface area (Å²) < 4.78 is 0. The van der Waals surface area contributed by atoms with E-state index in [4.69, 9.17) is 0 Å². The molecule has 0 bridgehead atoms. The quantitative estimate of drug-likeness (QED) is 0.841. The van der Waals surface area contributed by atoms with Gasteiger partial charge < -0.3 is 15.3 Å². The van der Waals surface area contributed by atoms with Crippen molar-refractivity contribution in [1.29, 1.82) is 0 Å². The van der Waals surface area contributed by atoms with Crippen LogP contribution in [0.25, 0.3) is 0 Å². The molecule has 118 valence electrons. The highest BCUT2D eigenvalue weighted by atomic mass is 16.3. The summed E-state index contributed by atoms with van der Waals surface area (Å²) in [7, 11) is 0. The molecule has 2 rings (SSSR count). The van der Waals surface area contributed by atoms with Crippen LogP contribution in [-0.2, 0) is 0 Å². The molecule has 1 saturated heterocycles. The standard InChI is InChI=1S/C17H29N3O/c1-4-19(5-2)13-17(15-7-6-8-16(21)11-15)20-10-9-18-14(3)12-20/h6-8,11,14,17-18,21H,4-5,9-10,12-13H2,1-3H3. The van der Waals surface area contributed by atoms with E-state index in [1.807, 2.05) is 12.1 Å². The monoisotopic (exact) mass is 291 g/mol. The molecule has 0 amide bonds. The molecule has 2 unspecified atom stereocenters. The molecular weight excluding hydrogens is 262 g/mol. The fraction of sp³-hybridized carbons (Fsp3) is 0.647. The number of aromatic hydroxyl groups is 1. The minimum absolute atomic E-state index is 0.349. The molecule has 21 heavy (non-hydrogen) atoms. The molecule has 0 saturated carbocycles. The Morgan fingerprint density at radius 1 is 1.38 bits per heavy atom. The molecule has 0 aromatic heterocycles. The summed E-state index contributed by atoms with van der Waals surface area (Å²) in [6.07, 6.45) is 0. The zero-order valence-electron chi connectivity index (χ0n) is 13.5. The zero-order chi connectivity index (χ0) is 15.2. The van der Waals surface area contributed by atoms with Crippen molar-refractivity contribution in [3.8, 4) is 5.75 Å². The number of hydrogen-bond acceptors (Lipinski definition) is 4. The van der Waals surface area contributed by atoms with Gasteiger partial charge >= 0.3 is 0 Å². The van der Waals surface area contributed by atoms with Crippen molar-refractivity contribution < 1.29 is 5.11 Å². The molecule has 4 nitrogen and oxygen atoms in total. The fourth-order valence-corrected chi connectivity index (χ4v) is 3.14. The van der Waals surface area contributed by atoms with Gasteiger partial charge in [0.15, 0.2) is 0 Å². The number of likely N-dealkylation sites (N-methyl/N-ethyl adjacent to an activating group) is 1. The number of rotatable bonds is 6. The van der Waals surface area contributed by atoms with Crippen molar-refractivity contribution in [2.75, 3.05) is 39.3 Å². The first kappa shape index (κ1) is 16.3. The van der Waals surface area contributed by atoms with E-state index in [1.54, 1.807) is 6.07 Å². The molecule has 1 heterocycles. The van der Waals surface area contributed by atoms with Crippen LogP contribution < -0.4 is 5.32 Å². The van der Waals surface area contributed by atoms with E-state index in [2.05, 4.69) is 42.0 Å². The van der Waals surface area contributed by atoms with Crippen LogP contribution in [0.15, 0.2) is 24.3 Å². The van der Waals surface area contributed by atoms with Gasteiger partial charge in [0.05, 0.1) is 0 Å². The topological polar surface area (TPSA) is 38.7 Å². The van der Waals surface area contributed by atoms with Gasteiger partial charge in [-0.05, 0) is 37.7 Å². The molecule has 0 spiro atoms. The molecule has 2 atom stereocenters. The Hall–Kier alpha value is -1.10. The normalized spacial score (nSPS) is 21.6. The number of phenolic OH excluding ortho intramolecular Hbond substituents is 1. The summed E-state index contributed by atoms with van der Waals surface area (Å²) in [5.74, 6) is 0.361. The maximum Gasteiger partial charge on any atom is 0.115 e. The van der Waals surface area contributed by atoms with E-state index in [-0.39, 0.29) is 0 Å². The van der Waals surface area contributed by atoms with Crippen molar-refractivity contribution >= 4 is 0 Å². The lowest BCUT2D eigenvalue weighted by molar-refractivity contribution is 0.113. The lowest BCUT2D eigenvalue weighted by Gasteiger charge is -2.40. The third-order valence-corrected chi connectivity index (χ3v) is 4.42. The predicted octanol–water partition coefficient (Wildman–Crippen LogP) is 2.07. The highest BCUT2D eigenvalue weighted by Gasteiger charge is 2.26. The average molecular weight is 291 g/mol. The highest BCUT2D eigenvalue weighted by molar-refractivity contribution is 5.30. The molecule has 0 radical (unpaired) electrons. The van der Waals surface area contributed by atoms with Gasteiger partial charge in [0.25, 0.3) is 0 Å². The molecule has 1 aromatic carbocycles. The molecule has 1 aromatic rings. The minimum Gasteiger partial charge on any atom is -0.508 e. The molecule has 1 aliphatic rings. The van der Waals surface area contributed by atoms with Crippen molar-refractivity contribution in [2.24, 2.45) is 0 Å². The number of piperazine rings is 1. The largest absolute Gasteiger partial charge is 0.508 e. The van der Waals surface area contributed by atoms with E-state index in [0.29, 0.717) is 17.8 Å². The van der Waals surface area contributed by atoms with E-state index in [0.717, 1.165) is 39.3 Å². The van der Waals surface area contributed by atoms with Gasteiger partial charge in [-0.25, -0.2) is 0 Å². The van der Waals surface area contributed by atoms with Crippen LogP contribution in [0.4, 0.5) is 0 Å². The van der Waals surface area contributed by atoms with Crippen LogP contribution in [0.5, 0.6) is 5.75 Å². The number of nitrogens with one attached hydrogen (secondary N) is 1. The van der Waals surface area contributed by atoms with Crippen molar-refractivity contribution in [3.05, 3.63) is 29.8 Å². The Labute approximate surface area is 128 Å². The second-order valence-electron chi connectivity index (χ2n) is 5.95. The Kier molecular flexibility index (Phi) is 6.03. The summed E-state index contributed by atoms with van der Waals surface area (Å²) in [6, 6.07) is 8.63. The Bertz CT molecular complexity index is 434. The van der Waals surface area contributed by atoms with Crippen LogP contribution >= 0.6 is 0 Å². The minimum atomic E-state index is 0.349. The van der Waals surface area contributed by atoms with Gasteiger partial charge in [0.1, 0.15) is 5.75 Å². The summed E-state index contributed by atoms with van der Waals surface area (Å²) >= 11 is 0. The first-order valence-corrected chi connectivity index (χ1v) is 8.12. The van der Waals surface area contributed by atoms with Gasteiger partial charge in [0, 0.05) is 38.3 Å². The van der Waals surface area contributed by atoms with Crippen molar-refractivity contribution in [3.63, 3.8) is 0 Å². The summed E-state index contributed by atoms with van der Waals surface area (Å²) in [5.41, 5.74) is 1.22. The van der Waals surface area contributed by atoms with Gasteiger partial charge in [-0.1, -0.05) is 26.0 Å². The lowest BCUT2D eigenvalue weighted by atomic mass is 10.0. The van der Waals surface area contributed by atoms with Crippen LogP contribution in [-0.4, -0.2) is 60.2 Å². The number of benzene rings is 1. The third kappa shape index (κ3) is 4.43. The second-order valence-corrected chi connectivity index (χ2v) is 5.95. The van der Waals surface area contributed by atoms with Gasteiger partial charge in [0.2, 0.25) is 0 Å². The van der Waals surface area contributed by atoms with Crippen LogP contribution in [0, 0.1) is 0 Å². The number of hydrogen-bond donors (Lipinski definition) is 2. The SMILES string of the molecule is CCN(CC)CC(c1cccc(O)c1)N1CCNC(C)C1. The maximum absolute atomic E-state index is 9.82. The fourth-order valence-electron chi connectivity index (χ4n) is 3.14. The Morgan fingerprint density at radius 2 is 2.14 bits per heavy atom. The van der Waals surface area contributed by atoms with Crippen LogP contribution in [0.1, 0.15) is 32.4 Å². The van der Waals surface area contributed by atoms with Gasteiger partial charge in [-0.15, -0.1) is 0 Å². The van der Waals surface area contributed by atoms with Gasteiger partial charge in [-0.2, -0.15) is 0 Å². The molecule has 1 aliphatic heterocycles. The number of nitrogens with zero attached hydrogens (tertiary/aromatic N) is 2. The van der Waals surface area contributed by atoms with E-state index in [9.17, 15) is 5.11 Å². The molecule has 2 N–H and O–H groups in total. The van der Waals surface area contributed by atoms with Crippen molar-refractivity contribution in [1.82, 2.24) is 15.1 Å². The Morgan fingerprint density at radius 3 is 2.76 bits per heavy atom. The third-order valence-electron chi connectivity index (χ3n) is 4.42. The summed E-state index contributed by atoms with van der Waals surface area (Å²) in [6.45, 7) is 13.0. The van der Waals surface area contributed by atoms with Crippen LogP contribution in [0.2, 0.25) is 0 Å². The summed E-state index contributed by atoms with van der Waals surface area (Å²) in [5, 5.41) is 13.3. The van der Waals surface area contributed by atoms with E-state index >= 15 is 0 Å². The van der Waals surface area contributed by atoms with Gasteiger partial charge in [-0.3, -0.25) is 4.90 Å². The lowest BCUT2D eigenvalue weighted by Crippen LogP contribution is -2.52. The zero-order valence-corrected chi connectivity index (χ0v) is 13.5. The predicted molar refractivity (Wildman–Crippen MR) is 87.7 cm³/mol. The molecule has 1 fully saturated rings. The summed E-state index contributed by atoms with van der Waals surface area (Å²) in [4.78, 5) is 5.01. The molecule has 0 aliphatic carbocycles. The Balaban J connectivity index is 2.20.